The normalized spacial score (nSPS) is 26.3. The highest BCUT2D eigenvalue weighted by atomic mass is 79.9. The summed E-state index contributed by atoms with van der Waals surface area (Å²) in [5.41, 5.74) is -0.110. The number of nitrogens with one attached hydrogen (secondary N) is 1. The SMILES string of the molecule is CC1(C)CC(NCc2sccc2Br)C(C)(C)O1. The Bertz CT molecular complexity index is 400. The van der Waals surface area contributed by atoms with Gasteiger partial charge in [-0.15, -0.1) is 11.3 Å². The third-order valence-electron chi connectivity index (χ3n) is 3.27. The zero-order chi connectivity index (χ0) is 12.7. The van der Waals surface area contributed by atoms with E-state index in [2.05, 4.69) is 60.4 Å². The molecule has 17 heavy (non-hydrogen) atoms. The predicted octanol–water partition coefficient (Wildman–Crippen LogP) is 3.95. The van der Waals surface area contributed by atoms with Gasteiger partial charge in [0.05, 0.1) is 11.2 Å². The summed E-state index contributed by atoms with van der Waals surface area (Å²) in [6, 6.07) is 2.51. The van der Waals surface area contributed by atoms with Crippen LogP contribution in [0.4, 0.5) is 0 Å². The predicted molar refractivity (Wildman–Crippen MR) is 76.5 cm³/mol. The summed E-state index contributed by atoms with van der Waals surface area (Å²) in [4.78, 5) is 1.35. The van der Waals surface area contributed by atoms with Crippen LogP contribution in [-0.4, -0.2) is 17.2 Å². The topological polar surface area (TPSA) is 21.3 Å². The molecule has 1 saturated heterocycles. The van der Waals surface area contributed by atoms with Crippen molar-refractivity contribution in [2.75, 3.05) is 0 Å². The monoisotopic (exact) mass is 317 g/mol. The third kappa shape index (κ3) is 3.11. The van der Waals surface area contributed by atoms with Crippen molar-refractivity contribution >= 4 is 27.3 Å². The van der Waals surface area contributed by atoms with E-state index < -0.39 is 0 Å². The maximum Gasteiger partial charge on any atom is 0.0787 e. The zero-order valence-corrected chi connectivity index (χ0v) is 13.2. The first-order chi connectivity index (χ1) is 7.80. The van der Waals surface area contributed by atoms with Crippen LogP contribution in [0.5, 0.6) is 0 Å². The average Bonchev–Trinajstić information content (AvgIpc) is 2.64. The Morgan fingerprint density at radius 2 is 2.18 bits per heavy atom. The largest absolute Gasteiger partial charge is 0.368 e. The van der Waals surface area contributed by atoms with Crippen molar-refractivity contribution in [1.29, 1.82) is 0 Å². The van der Waals surface area contributed by atoms with Gasteiger partial charge >= 0.3 is 0 Å². The van der Waals surface area contributed by atoms with E-state index in [1.165, 1.54) is 9.35 Å². The van der Waals surface area contributed by atoms with Gasteiger partial charge < -0.3 is 10.1 Å². The van der Waals surface area contributed by atoms with Gasteiger partial charge in [-0.1, -0.05) is 0 Å². The van der Waals surface area contributed by atoms with Crippen LogP contribution in [0, 0.1) is 0 Å². The molecule has 1 N–H and O–H groups in total. The quantitative estimate of drug-likeness (QED) is 0.911. The highest BCUT2D eigenvalue weighted by Crippen LogP contribution is 2.37. The van der Waals surface area contributed by atoms with Crippen LogP contribution in [0.25, 0.3) is 0 Å². The first-order valence-corrected chi connectivity index (χ1v) is 7.63. The van der Waals surface area contributed by atoms with Crippen LogP contribution < -0.4 is 5.32 Å². The Balaban J connectivity index is 1.98. The summed E-state index contributed by atoms with van der Waals surface area (Å²) in [6.07, 6.45) is 1.06. The maximum absolute atomic E-state index is 6.08. The molecule has 1 aliphatic heterocycles. The number of ether oxygens (including phenoxy) is 1. The number of rotatable bonds is 3. The van der Waals surface area contributed by atoms with Gasteiger partial charge in [0.2, 0.25) is 0 Å². The standard InChI is InChI=1S/C13H20BrNOS/c1-12(2)7-11(13(3,4)16-12)15-8-10-9(14)5-6-17-10/h5-6,11,15H,7-8H2,1-4H3. The van der Waals surface area contributed by atoms with Gasteiger partial charge in [-0.2, -0.15) is 0 Å². The maximum atomic E-state index is 6.08. The minimum atomic E-state index is -0.0900. The van der Waals surface area contributed by atoms with Crippen molar-refractivity contribution in [3.63, 3.8) is 0 Å². The summed E-state index contributed by atoms with van der Waals surface area (Å²) in [5.74, 6) is 0. The van der Waals surface area contributed by atoms with E-state index in [1.54, 1.807) is 11.3 Å². The van der Waals surface area contributed by atoms with Crippen molar-refractivity contribution in [1.82, 2.24) is 5.32 Å². The summed E-state index contributed by atoms with van der Waals surface area (Å²) in [5, 5.41) is 5.74. The molecule has 2 nitrogen and oxygen atoms in total. The Morgan fingerprint density at radius 1 is 1.47 bits per heavy atom. The first-order valence-electron chi connectivity index (χ1n) is 5.96. The number of hydrogen-bond donors (Lipinski definition) is 1. The van der Waals surface area contributed by atoms with Crippen molar-refractivity contribution in [2.45, 2.75) is 57.9 Å². The molecule has 1 fully saturated rings. The summed E-state index contributed by atoms with van der Waals surface area (Å²) >= 11 is 5.35. The molecule has 4 heteroatoms. The molecule has 0 aliphatic carbocycles. The second-order valence-corrected chi connectivity index (χ2v) is 7.65. The molecule has 0 spiro atoms. The Morgan fingerprint density at radius 3 is 2.65 bits per heavy atom. The third-order valence-corrected chi connectivity index (χ3v) is 5.20. The molecule has 0 radical (unpaired) electrons. The molecule has 0 bridgehead atoms. The Kier molecular flexibility index (Phi) is 3.70. The van der Waals surface area contributed by atoms with Gasteiger partial charge in [0.1, 0.15) is 0 Å². The molecule has 1 atom stereocenters. The van der Waals surface area contributed by atoms with Crippen LogP contribution in [0.2, 0.25) is 0 Å². The summed E-state index contributed by atoms with van der Waals surface area (Å²) in [7, 11) is 0. The molecule has 0 amide bonds. The number of hydrogen-bond acceptors (Lipinski definition) is 3. The molecule has 1 aromatic rings. The van der Waals surface area contributed by atoms with Crippen molar-refractivity contribution in [2.24, 2.45) is 0 Å². The summed E-state index contributed by atoms with van der Waals surface area (Å²) < 4.78 is 7.28. The van der Waals surface area contributed by atoms with Gasteiger partial charge in [-0.3, -0.25) is 0 Å². The lowest BCUT2D eigenvalue weighted by Gasteiger charge is -2.27. The van der Waals surface area contributed by atoms with Gasteiger partial charge in [-0.05, 0) is 61.5 Å². The van der Waals surface area contributed by atoms with Crippen LogP contribution in [0.15, 0.2) is 15.9 Å². The van der Waals surface area contributed by atoms with Crippen LogP contribution in [-0.2, 0) is 11.3 Å². The molecule has 96 valence electrons. The van der Waals surface area contributed by atoms with Gasteiger partial charge in [0.25, 0.3) is 0 Å². The zero-order valence-electron chi connectivity index (χ0n) is 10.8. The Hall–Kier alpha value is 0.1000. The minimum absolute atomic E-state index is 0.0200. The lowest BCUT2D eigenvalue weighted by Crippen LogP contribution is -2.42. The van der Waals surface area contributed by atoms with Gasteiger partial charge in [-0.25, -0.2) is 0 Å². The van der Waals surface area contributed by atoms with E-state index in [9.17, 15) is 0 Å². The molecule has 2 heterocycles. The fourth-order valence-electron chi connectivity index (χ4n) is 2.55. The second kappa shape index (κ2) is 4.65. The Labute approximate surface area is 116 Å². The molecule has 0 aromatic carbocycles. The number of thiophene rings is 1. The smallest absolute Gasteiger partial charge is 0.0787 e. The average molecular weight is 318 g/mol. The fourth-order valence-corrected chi connectivity index (χ4v) is 3.99. The number of halogens is 1. The molecule has 0 saturated carbocycles. The molecule has 1 aliphatic rings. The second-order valence-electron chi connectivity index (χ2n) is 5.79. The molecule has 1 unspecified atom stereocenters. The highest BCUT2D eigenvalue weighted by molar-refractivity contribution is 9.10. The van der Waals surface area contributed by atoms with E-state index in [0.717, 1.165) is 13.0 Å². The van der Waals surface area contributed by atoms with E-state index in [-0.39, 0.29) is 11.2 Å². The van der Waals surface area contributed by atoms with Crippen molar-refractivity contribution in [3.8, 4) is 0 Å². The van der Waals surface area contributed by atoms with E-state index in [0.29, 0.717) is 6.04 Å². The molecule has 2 rings (SSSR count). The first kappa shape index (κ1) is 13.5. The van der Waals surface area contributed by atoms with Crippen molar-refractivity contribution in [3.05, 3.63) is 20.8 Å². The fraction of sp³-hybridized carbons (Fsp3) is 0.692. The molecule has 1 aromatic heterocycles. The minimum Gasteiger partial charge on any atom is -0.368 e. The molecular formula is C13H20BrNOS. The van der Waals surface area contributed by atoms with E-state index >= 15 is 0 Å². The van der Waals surface area contributed by atoms with E-state index in [4.69, 9.17) is 4.74 Å². The van der Waals surface area contributed by atoms with Crippen molar-refractivity contribution < 1.29 is 4.74 Å². The summed E-state index contributed by atoms with van der Waals surface area (Å²) in [6.45, 7) is 9.58. The van der Waals surface area contributed by atoms with Gasteiger partial charge in [0.15, 0.2) is 0 Å². The lowest BCUT2D eigenvalue weighted by molar-refractivity contribution is -0.0699. The van der Waals surface area contributed by atoms with Crippen LogP contribution >= 0.6 is 27.3 Å². The highest BCUT2D eigenvalue weighted by Gasteiger charge is 2.45. The molecular weight excluding hydrogens is 298 g/mol. The van der Waals surface area contributed by atoms with Crippen LogP contribution in [0.1, 0.15) is 39.0 Å². The van der Waals surface area contributed by atoms with Crippen LogP contribution in [0.3, 0.4) is 0 Å². The van der Waals surface area contributed by atoms with Gasteiger partial charge in [0, 0.05) is 21.9 Å². The lowest BCUT2D eigenvalue weighted by atomic mass is 9.94. The van der Waals surface area contributed by atoms with E-state index in [1.807, 2.05) is 0 Å².